The molecule has 1 N–H and O–H groups in total. The van der Waals surface area contributed by atoms with Gasteiger partial charge in [0, 0.05) is 13.0 Å². The number of nitrogens with one attached hydrogen (secondary N) is 1. The summed E-state index contributed by atoms with van der Waals surface area (Å²) in [4.78, 5) is 13.5. The van der Waals surface area contributed by atoms with Gasteiger partial charge >= 0.3 is 0 Å². The number of carbonyl (C=O) groups excluding carboxylic acids is 1. The minimum atomic E-state index is -3.68. The fourth-order valence-electron chi connectivity index (χ4n) is 2.73. The van der Waals surface area contributed by atoms with Crippen LogP contribution < -0.4 is 14.4 Å². The number of amides is 1. The summed E-state index contributed by atoms with van der Waals surface area (Å²) in [6.45, 7) is 4.36. The molecular weight excluding hydrogens is 340 g/mol. The van der Waals surface area contributed by atoms with Crippen LogP contribution in [0.3, 0.4) is 0 Å². The van der Waals surface area contributed by atoms with E-state index in [2.05, 4.69) is 4.72 Å². The molecule has 0 aliphatic carbocycles. The molecule has 0 saturated heterocycles. The normalized spacial score (nSPS) is 13.8. The van der Waals surface area contributed by atoms with Crippen molar-refractivity contribution >= 4 is 27.3 Å². The van der Waals surface area contributed by atoms with Crippen molar-refractivity contribution in [2.75, 3.05) is 22.8 Å². The van der Waals surface area contributed by atoms with Crippen LogP contribution in [0.2, 0.25) is 0 Å². The first-order chi connectivity index (χ1) is 11.9. The summed E-state index contributed by atoms with van der Waals surface area (Å²) in [6, 6.07) is 11.7. The van der Waals surface area contributed by atoms with Crippen LogP contribution in [-0.2, 0) is 21.2 Å². The molecule has 0 radical (unpaired) electrons. The van der Waals surface area contributed by atoms with E-state index >= 15 is 0 Å². The first-order valence-corrected chi connectivity index (χ1v) is 9.56. The number of ether oxygens (including phenoxy) is 1. The minimum absolute atomic E-state index is 0.0751. The van der Waals surface area contributed by atoms with E-state index in [1.807, 2.05) is 6.92 Å². The van der Waals surface area contributed by atoms with Crippen LogP contribution in [0.15, 0.2) is 47.4 Å². The Bertz CT molecular complexity index is 892. The van der Waals surface area contributed by atoms with Crippen molar-refractivity contribution in [3.63, 3.8) is 0 Å². The van der Waals surface area contributed by atoms with Gasteiger partial charge in [-0.15, -0.1) is 0 Å². The molecule has 132 valence electrons. The first kappa shape index (κ1) is 17.3. The molecule has 0 saturated carbocycles. The number of benzene rings is 2. The Kier molecular flexibility index (Phi) is 4.67. The second-order valence-electron chi connectivity index (χ2n) is 5.80. The van der Waals surface area contributed by atoms with E-state index in [-0.39, 0.29) is 10.8 Å². The lowest BCUT2D eigenvalue weighted by atomic mass is 10.2. The molecule has 0 fully saturated rings. The zero-order chi connectivity index (χ0) is 18.0. The highest BCUT2D eigenvalue weighted by molar-refractivity contribution is 7.92. The average Bonchev–Trinajstić information content (AvgIpc) is 2.60. The molecule has 0 atom stereocenters. The van der Waals surface area contributed by atoms with Crippen molar-refractivity contribution in [1.82, 2.24) is 0 Å². The highest BCUT2D eigenvalue weighted by Crippen LogP contribution is 2.34. The zero-order valence-corrected chi connectivity index (χ0v) is 15.0. The van der Waals surface area contributed by atoms with Crippen LogP contribution in [0.25, 0.3) is 0 Å². The van der Waals surface area contributed by atoms with Crippen LogP contribution in [0.4, 0.5) is 11.4 Å². The van der Waals surface area contributed by atoms with E-state index in [9.17, 15) is 13.2 Å². The summed E-state index contributed by atoms with van der Waals surface area (Å²) in [7, 11) is -3.68. The maximum atomic E-state index is 12.5. The van der Waals surface area contributed by atoms with Gasteiger partial charge in [-0.2, -0.15) is 0 Å². The van der Waals surface area contributed by atoms with Crippen molar-refractivity contribution in [2.24, 2.45) is 0 Å². The van der Waals surface area contributed by atoms with E-state index in [0.29, 0.717) is 30.3 Å². The summed E-state index contributed by atoms with van der Waals surface area (Å²) in [5.41, 5.74) is 2.11. The predicted molar refractivity (Wildman–Crippen MR) is 96.6 cm³/mol. The van der Waals surface area contributed by atoms with Crippen molar-refractivity contribution in [3.05, 3.63) is 48.0 Å². The lowest BCUT2D eigenvalue weighted by Gasteiger charge is -2.29. The number of anilines is 2. The Labute approximate surface area is 147 Å². The summed E-state index contributed by atoms with van der Waals surface area (Å²) < 4.78 is 33.2. The highest BCUT2D eigenvalue weighted by atomic mass is 32.2. The molecule has 1 aliphatic rings. The highest BCUT2D eigenvalue weighted by Gasteiger charge is 2.22. The van der Waals surface area contributed by atoms with Crippen LogP contribution in [-0.4, -0.2) is 27.5 Å². The fraction of sp³-hybridized carbons (Fsp3) is 0.278. The summed E-state index contributed by atoms with van der Waals surface area (Å²) in [6.07, 6.45) is 0.850. The van der Waals surface area contributed by atoms with Gasteiger partial charge in [0.2, 0.25) is 5.91 Å². The SMILES string of the molecule is CCc1ccc(S(=O)(=O)Nc2ccc3c(c2)OCCN3C(C)=O)cc1. The minimum Gasteiger partial charge on any atom is -0.489 e. The number of carbonyl (C=O) groups is 1. The zero-order valence-electron chi connectivity index (χ0n) is 14.2. The smallest absolute Gasteiger partial charge is 0.261 e. The van der Waals surface area contributed by atoms with E-state index in [0.717, 1.165) is 12.0 Å². The second-order valence-corrected chi connectivity index (χ2v) is 7.49. The number of rotatable bonds is 4. The van der Waals surface area contributed by atoms with E-state index < -0.39 is 10.0 Å². The Morgan fingerprint density at radius 3 is 2.56 bits per heavy atom. The largest absolute Gasteiger partial charge is 0.489 e. The lowest BCUT2D eigenvalue weighted by molar-refractivity contribution is -0.116. The Morgan fingerprint density at radius 2 is 1.92 bits per heavy atom. The summed E-state index contributed by atoms with van der Waals surface area (Å²) in [5.74, 6) is 0.414. The van der Waals surface area contributed by atoms with Gasteiger partial charge in [0.15, 0.2) is 0 Å². The fourth-order valence-corrected chi connectivity index (χ4v) is 3.78. The standard InChI is InChI=1S/C18H20N2O4S/c1-3-14-4-7-16(8-5-14)25(22,23)19-15-6-9-17-18(12-15)24-11-10-20(17)13(2)21/h4-9,12,19H,3,10-11H2,1-2H3. The van der Waals surface area contributed by atoms with Gasteiger partial charge in [-0.3, -0.25) is 9.52 Å². The van der Waals surface area contributed by atoms with E-state index in [4.69, 9.17) is 4.74 Å². The number of nitrogens with zero attached hydrogens (tertiary/aromatic N) is 1. The van der Waals surface area contributed by atoms with Crippen LogP contribution >= 0.6 is 0 Å². The maximum absolute atomic E-state index is 12.5. The molecular formula is C18H20N2O4S. The van der Waals surface area contributed by atoms with Crippen LogP contribution in [0.5, 0.6) is 5.75 Å². The molecule has 7 heteroatoms. The molecule has 25 heavy (non-hydrogen) atoms. The Hall–Kier alpha value is -2.54. The lowest BCUT2D eigenvalue weighted by Crippen LogP contribution is -2.36. The van der Waals surface area contributed by atoms with Crippen molar-refractivity contribution in [1.29, 1.82) is 0 Å². The number of aryl methyl sites for hydroxylation is 1. The third kappa shape index (κ3) is 3.61. The first-order valence-electron chi connectivity index (χ1n) is 8.07. The number of sulfonamides is 1. The van der Waals surface area contributed by atoms with Gasteiger partial charge in [0.25, 0.3) is 10.0 Å². The monoisotopic (exact) mass is 360 g/mol. The maximum Gasteiger partial charge on any atom is 0.261 e. The molecule has 0 bridgehead atoms. The summed E-state index contributed by atoms with van der Waals surface area (Å²) >= 11 is 0. The van der Waals surface area contributed by atoms with Gasteiger partial charge in [-0.05, 0) is 36.2 Å². The Balaban J connectivity index is 1.86. The van der Waals surface area contributed by atoms with E-state index in [1.54, 1.807) is 47.4 Å². The van der Waals surface area contributed by atoms with Gasteiger partial charge in [0.05, 0.1) is 22.8 Å². The molecule has 3 rings (SSSR count). The molecule has 2 aromatic rings. The predicted octanol–water partition coefficient (Wildman–Crippen LogP) is 2.80. The van der Waals surface area contributed by atoms with Crippen LogP contribution in [0, 0.1) is 0 Å². The second kappa shape index (κ2) is 6.76. The van der Waals surface area contributed by atoms with Gasteiger partial charge in [-0.1, -0.05) is 19.1 Å². The van der Waals surface area contributed by atoms with E-state index in [1.165, 1.54) is 6.92 Å². The van der Waals surface area contributed by atoms with Crippen molar-refractivity contribution < 1.29 is 17.9 Å². The topological polar surface area (TPSA) is 75.7 Å². The average molecular weight is 360 g/mol. The molecule has 6 nitrogen and oxygen atoms in total. The number of hydrogen-bond donors (Lipinski definition) is 1. The molecule has 0 aromatic heterocycles. The molecule has 0 spiro atoms. The van der Waals surface area contributed by atoms with Crippen LogP contribution in [0.1, 0.15) is 19.4 Å². The number of hydrogen-bond acceptors (Lipinski definition) is 4. The third-order valence-electron chi connectivity index (χ3n) is 4.10. The number of fused-ring (bicyclic) bond motifs is 1. The van der Waals surface area contributed by atoms with Gasteiger partial charge in [0.1, 0.15) is 12.4 Å². The quantitative estimate of drug-likeness (QED) is 0.910. The van der Waals surface area contributed by atoms with Crippen molar-refractivity contribution in [2.45, 2.75) is 25.2 Å². The third-order valence-corrected chi connectivity index (χ3v) is 5.49. The molecule has 1 heterocycles. The molecule has 1 aliphatic heterocycles. The summed E-state index contributed by atoms with van der Waals surface area (Å²) in [5, 5.41) is 0. The van der Waals surface area contributed by atoms with Crippen molar-refractivity contribution in [3.8, 4) is 5.75 Å². The van der Waals surface area contributed by atoms with Gasteiger partial charge in [-0.25, -0.2) is 8.42 Å². The molecule has 2 aromatic carbocycles. The van der Waals surface area contributed by atoms with Gasteiger partial charge < -0.3 is 9.64 Å². The Morgan fingerprint density at radius 1 is 1.20 bits per heavy atom. The molecule has 1 amide bonds. The molecule has 0 unspecified atom stereocenters.